The molecule has 0 saturated carbocycles. The maximum atomic E-state index is 9.40. The largest absolute Gasteiger partial charge is 0.418 e. The van der Waals surface area contributed by atoms with E-state index in [4.69, 9.17) is 16.3 Å². The molecule has 0 amide bonds. The molecule has 0 bridgehead atoms. The van der Waals surface area contributed by atoms with Gasteiger partial charge in [-0.15, -0.1) is 0 Å². The van der Waals surface area contributed by atoms with Gasteiger partial charge in [0.1, 0.15) is 0 Å². The molecule has 0 aliphatic rings. The lowest BCUT2D eigenvalue weighted by Crippen LogP contribution is -2.24. The monoisotopic (exact) mass is 293 g/mol. The second-order valence-electron chi connectivity index (χ2n) is 3.40. The van der Waals surface area contributed by atoms with Gasteiger partial charge >= 0.3 is 0 Å². The predicted octanol–water partition coefficient (Wildman–Crippen LogP) is 2.16. The first-order chi connectivity index (χ1) is 7.85. The first-order valence-corrected chi connectivity index (χ1v) is 9.04. The van der Waals surface area contributed by atoms with Crippen molar-refractivity contribution < 1.29 is 9.42 Å². The number of hydrogen-bond donors (Lipinski definition) is 2. The number of nitrogens with zero attached hydrogens (tertiary/aromatic N) is 3. The Morgan fingerprint density at radius 3 is 2.53 bits per heavy atom. The van der Waals surface area contributed by atoms with Crippen LogP contribution >= 0.6 is 17.9 Å². The molecule has 1 atom stereocenters. The molecular weight excluding hydrogens is 277 g/mol. The molecule has 5 nitrogen and oxygen atoms in total. The van der Waals surface area contributed by atoms with E-state index in [9.17, 15) is 4.89 Å². The summed E-state index contributed by atoms with van der Waals surface area (Å²) in [6.45, 7) is 7.47. The lowest BCUT2D eigenvalue weighted by Gasteiger charge is -2.19. The van der Waals surface area contributed by atoms with Gasteiger partial charge in [-0.3, -0.25) is 0 Å². The van der Waals surface area contributed by atoms with Crippen molar-refractivity contribution in [1.82, 2.24) is 9.97 Å². The minimum absolute atomic E-state index is 0.264. The van der Waals surface area contributed by atoms with Gasteiger partial charge in [-0.2, -0.15) is 4.98 Å². The summed E-state index contributed by atoms with van der Waals surface area (Å²) in [6.07, 6.45) is 0. The average Bonchev–Trinajstić information content (AvgIpc) is 2.15. The molecule has 1 aromatic heterocycles. The Balaban J connectivity index is 3.05. The van der Waals surface area contributed by atoms with Gasteiger partial charge in [0.15, 0.2) is 0 Å². The van der Waals surface area contributed by atoms with Gasteiger partial charge in [0.05, 0.1) is 0 Å². The van der Waals surface area contributed by atoms with Crippen LogP contribution in [0.3, 0.4) is 0 Å². The third kappa shape index (κ3) is 4.79. The van der Waals surface area contributed by atoms with E-state index in [1.54, 1.807) is 6.07 Å². The fraction of sp³-hybridized carbons (Fsp3) is 0.556. The van der Waals surface area contributed by atoms with Crippen molar-refractivity contribution >= 4 is 35.7 Å². The van der Waals surface area contributed by atoms with E-state index in [1.807, 2.05) is 25.7 Å². The SMILES string of the molecule is CCN(CC)c1nc(C)cc(OP(O)(=S)S)n1. The molecule has 1 heterocycles. The molecule has 0 radical (unpaired) electrons. The Kier molecular flexibility index (Phi) is 5.19. The molecule has 8 heteroatoms. The van der Waals surface area contributed by atoms with Crippen LogP contribution in [0.15, 0.2) is 6.07 Å². The van der Waals surface area contributed by atoms with E-state index >= 15 is 0 Å². The van der Waals surface area contributed by atoms with E-state index in [0.29, 0.717) is 5.95 Å². The number of hydrogen-bond acceptors (Lipinski definition) is 5. The Morgan fingerprint density at radius 2 is 2.06 bits per heavy atom. The van der Waals surface area contributed by atoms with Crippen LogP contribution in [0.25, 0.3) is 0 Å². The van der Waals surface area contributed by atoms with Crippen LogP contribution in [0, 0.1) is 6.92 Å². The Labute approximate surface area is 112 Å². The summed E-state index contributed by atoms with van der Waals surface area (Å²) >= 11 is 8.53. The van der Waals surface area contributed by atoms with Gasteiger partial charge in [0, 0.05) is 24.8 Å². The topological polar surface area (TPSA) is 58.5 Å². The summed E-state index contributed by atoms with van der Waals surface area (Å²) in [7, 11) is 0. The summed E-state index contributed by atoms with van der Waals surface area (Å²) in [4.78, 5) is 19.9. The standard InChI is InChI=1S/C9H16N3O2PS2/c1-4-12(5-2)9-10-7(3)6-8(11-9)14-15(13,16)17/h6H,4-5H2,1-3H3,(H2,13,16,17). The van der Waals surface area contributed by atoms with E-state index in [2.05, 4.69) is 22.2 Å². The van der Waals surface area contributed by atoms with Crippen LogP contribution in [0.4, 0.5) is 5.95 Å². The molecule has 17 heavy (non-hydrogen) atoms. The average molecular weight is 293 g/mol. The highest BCUT2D eigenvalue weighted by Crippen LogP contribution is 2.47. The van der Waals surface area contributed by atoms with Crippen molar-refractivity contribution in [2.45, 2.75) is 20.8 Å². The maximum absolute atomic E-state index is 9.40. The van der Waals surface area contributed by atoms with Crippen LogP contribution in [-0.2, 0) is 11.8 Å². The highest BCUT2D eigenvalue weighted by molar-refractivity contribution is 8.59. The van der Waals surface area contributed by atoms with Gasteiger partial charge in [-0.05, 0) is 32.6 Å². The summed E-state index contributed by atoms with van der Waals surface area (Å²) in [5, 5.41) is 0. The molecule has 0 spiro atoms. The number of aryl methyl sites for hydroxylation is 1. The lowest BCUT2D eigenvalue weighted by atomic mass is 10.4. The van der Waals surface area contributed by atoms with Crippen molar-refractivity contribution in [1.29, 1.82) is 0 Å². The Morgan fingerprint density at radius 1 is 1.47 bits per heavy atom. The summed E-state index contributed by atoms with van der Waals surface area (Å²) < 4.78 is 5.13. The zero-order chi connectivity index (χ0) is 13.1. The first kappa shape index (κ1) is 14.7. The van der Waals surface area contributed by atoms with Gasteiger partial charge in [-0.25, -0.2) is 4.98 Å². The van der Waals surface area contributed by atoms with Crippen LogP contribution in [0.1, 0.15) is 19.5 Å². The second kappa shape index (κ2) is 6.00. The molecule has 1 N–H and O–H groups in total. The minimum Gasteiger partial charge on any atom is -0.418 e. The van der Waals surface area contributed by atoms with Crippen LogP contribution in [0.5, 0.6) is 5.88 Å². The van der Waals surface area contributed by atoms with Gasteiger partial charge in [0.25, 0.3) is 5.69 Å². The van der Waals surface area contributed by atoms with Gasteiger partial charge < -0.3 is 14.3 Å². The molecule has 1 aromatic rings. The molecule has 0 aliphatic carbocycles. The van der Waals surface area contributed by atoms with Crippen molar-refractivity contribution in [2.75, 3.05) is 18.0 Å². The minimum atomic E-state index is -3.06. The molecule has 0 saturated heterocycles. The molecule has 0 aliphatic heterocycles. The molecule has 0 aromatic carbocycles. The fourth-order valence-electron chi connectivity index (χ4n) is 1.34. The number of anilines is 1. The first-order valence-electron chi connectivity index (χ1n) is 5.21. The maximum Gasteiger partial charge on any atom is 0.293 e. The second-order valence-corrected chi connectivity index (χ2v) is 8.49. The van der Waals surface area contributed by atoms with E-state index in [1.165, 1.54) is 0 Å². The van der Waals surface area contributed by atoms with Crippen molar-refractivity contribution in [3.63, 3.8) is 0 Å². The number of aromatic nitrogens is 2. The summed E-state index contributed by atoms with van der Waals surface area (Å²) in [5.41, 5.74) is -2.30. The van der Waals surface area contributed by atoms with E-state index in [0.717, 1.165) is 18.8 Å². The lowest BCUT2D eigenvalue weighted by molar-refractivity contribution is 0.491. The van der Waals surface area contributed by atoms with Crippen molar-refractivity contribution in [2.24, 2.45) is 0 Å². The van der Waals surface area contributed by atoms with E-state index in [-0.39, 0.29) is 5.88 Å². The highest BCUT2D eigenvalue weighted by Gasteiger charge is 2.13. The molecule has 0 fully saturated rings. The Bertz CT molecular complexity index is 434. The molecule has 96 valence electrons. The molecular formula is C9H16N3O2PS2. The Hall–Kier alpha value is -0.360. The third-order valence-electron chi connectivity index (χ3n) is 2.08. The summed E-state index contributed by atoms with van der Waals surface area (Å²) in [6, 6.07) is 1.63. The zero-order valence-corrected chi connectivity index (χ0v) is 12.6. The predicted molar refractivity (Wildman–Crippen MR) is 76.4 cm³/mol. The smallest absolute Gasteiger partial charge is 0.293 e. The quantitative estimate of drug-likeness (QED) is 0.641. The van der Waals surface area contributed by atoms with Crippen molar-refractivity contribution in [3.8, 4) is 5.88 Å². The normalized spacial score (nSPS) is 14.2. The third-order valence-corrected chi connectivity index (χ3v) is 2.97. The fourth-order valence-corrected chi connectivity index (χ4v) is 2.16. The zero-order valence-electron chi connectivity index (χ0n) is 9.99. The number of rotatable bonds is 5. The van der Waals surface area contributed by atoms with Crippen LogP contribution < -0.4 is 9.42 Å². The van der Waals surface area contributed by atoms with E-state index < -0.39 is 5.69 Å². The number of thiol groups is 1. The molecule has 1 rings (SSSR count). The van der Waals surface area contributed by atoms with Crippen LogP contribution in [-0.4, -0.2) is 28.0 Å². The summed E-state index contributed by atoms with van der Waals surface area (Å²) in [5.74, 6) is 0.835. The van der Waals surface area contributed by atoms with Gasteiger partial charge in [-0.1, -0.05) is 12.2 Å². The van der Waals surface area contributed by atoms with Crippen LogP contribution in [0.2, 0.25) is 0 Å². The highest BCUT2D eigenvalue weighted by atomic mass is 32.9. The van der Waals surface area contributed by atoms with Crippen molar-refractivity contribution in [3.05, 3.63) is 11.8 Å². The molecule has 1 unspecified atom stereocenters. The van der Waals surface area contributed by atoms with Gasteiger partial charge in [0.2, 0.25) is 11.8 Å².